The quantitative estimate of drug-likeness (QED) is 0.674. The molecule has 0 N–H and O–H groups in total. The van der Waals surface area contributed by atoms with Gasteiger partial charge in [-0.25, -0.2) is 9.37 Å². The van der Waals surface area contributed by atoms with E-state index < -0.39 is 24.5 Å². The average Bonchev–Trinajstić information content (AvgIpc) is 2.01. The Balaban J connectivity index is 2.60. The first-order valence-corrected chi connectivity index (χ1v) is 3.29. The molecule has 0 aliphatic rings. The van der Waals surface area contributed by atoms with Crippen molar-refractivity contribution < 1.29 is 22.3 Å². The monoisotopic (exact) mass is 195 g/mol. The third-order valence-corrected chi connectivity index (χ3v) is 1.10. The fourth-order valence-corrected chi connectivity index (χ4v) is 0.628. The molecule has 2 nitrogen and oxygen atoms in total. The number of halogens is 4. The van der Waals surface area contributed by atoms with E-state index in [0.717, 1.165) is 12.3 Å². The average molecular weight is 195 g/mol. The summed E-state index contributed by atoms with van der Waals surface area (Å²) in [5, 5.41) is 0. The van der Waals surface area contributed by atoms with E-state index in [0.29, 0.717) is 0 Å². The van der Waals surface area contributed by atoms with E-state index in [-0.39, 0.29) is 0 Å². The third kappa shape index (κ3) is 3.27. The summed E-state index contributed by atoms with van der Waals surface area (Å²) in [6.07, 6.45) is -3.33. The Labute approximate surface area is 71.2 Å². The molecule has 1 rings (SSSR count). The molecule has 0 fully saturated rings. The van der Waals surface area contributed by atoms with Gasteiger partial charge in [0.05, 0.1) is 0 Å². The number of rotatable bonds is 2. The first-order valence-electron chi connectivity index (χ1n) is 3.29. The molecule has 6 heteroatoms. The molecule has 1 aromatic heterocycles. The van der Waals surface area contributed by atoms with Crippen LogP contribution < -0.4 is 4.74 Å². The van der Waals surface area contributed by atoms with Crippen molar-refractivity contribution in [2.45, 2.75) is 6.18 Å². The summed E-state index contributed by atoms with van der Waals surface area (Å²) in [5.74, 6) is -1.55. The molecule has 0 aromatic carbocycles. The summed E-state index contributed by atoms with van der Waals surface area (Å²) >= 11 is 0. The first kappa shape index (κ1) is 9.76. The molecular weight excluding hydrogens is 190 g/mol. The van der Waals surface area contributed by atoms with Crippen LogP contribution in [0.15, 0.2) is 18.3 Å². The zero-order chi connectivity index (χ0) is 9.90. The van der Waals surface area contributed by atoms with Crippen molar-refractivity contribution in [2.75, 3.05) is 6.61 Å². The van der Waals surface area contributed by atoms with E-state index in [1.54, 1.807) is 0 Å². The summed E-state index contributed by atoms with van der Waals surface area (Å²) in [6.45, 7) is -1.54. The highest BCUT2D eigenvalue weighted by Gasteiger charge is 2.29. The zero-order valence-corrected chi connectivity index (χ0v) is 6.31. The highest BCUT2D eigenvalue weighted by Crippen LogP contribution is 2.18. The lowest BCUT2D eigenvalue weighted by atomic mass is 10.5. The van der Waals surface area contributed by atoms with E-state index in [4.69, 9.17) is 0 Å². The molecule has 1 aromatic rings. The Kier molecular flexibility index (Phi) is 2.69. The van der Waals surface area contributed by atoms with Gasteiger partial charge in [-0.3, -0.25) is 0 Å². The van der Waals surface area contributed by atoms with Crippen LogP contribution in [0.4, 0.5) is 17.6 Å². The number of hydrogen-bond acceptors (Lipinski definition) is 2. The highest BCUT2D eigenvalue weighted by molar-refractivity contribution is 5.12. The molecule has 72 valence electrons. The molecule has 0 aliphatic heterocycles. The van der Waals surface area contributed by atoms with Gasteiger partial charge in [-0.05, 0) is 12.1 Å². The number of pyridine rings is 1. The van der Waals surface area contributed by atoms with Gasteiger partial charge in [0.1, 0.15) is 0 Å². The number of ether oxygens (including phenoxy) is 1. The van der Waals surface area contributed by atoms with Crippen LogP contribution in [0.2, 0.25) is 0 Å². The maximum absolute atomic E-state index is 12.6. The topological polar surface area (TPSA) is 22.1 Å². The molecule has 0 radical (unpaired) electrons. The van der Waals surface area contributed by atoms with Crippen LogP contribution in [0, 0.1) is 5.82 Å². The SMILES string of the molecule is Fc1cccnc1OCC(F)(F)F. The molecule has 0 aliphatic carbocycles. The largest absolute Gasteiger partial charge is 0.466 e. The minimum atomic E-state index is -4.48. The molecule has 1 heterocycles. The summed E-state index contributed by atoms with van der Waals surface area (Å²) in [6, 6.07) is 2.23. The van der Waals surface area contributed by atoms with E-state index >= 15 is 0 Å². The number of alkyl halides is 3. The number of hydrogen-bond donors (Lipinski definition) is 0. The van der Waals surface area contributed by atoms with Gasteiger partial charge in [0.2, 0.25) is 0 Å². The summed E-state index contributed by atoms with van der Waals surface area (Å²) in [5.41, 5.74) is 0. The molecule has 0 amide bonds. The van der Waals surface area contributed by atoms with Crippen molar-refractivity contribution in [3.8, 4) is 5.88 Å². The Morgan fingerprint density at radius 2 is 2.08 bits per heavy atom. The smallest absolute Gasteiger partial charge is 0.422 e. The van der Waals surface area contributed by atoms with Crippen molar-refractivity contribution in [2.24, 2.45) is 0 Å². The Bertz CT molecular complexity index is 286. The first-order chi connectivity index (χ1) is 5.99. The lowest BCUT2D eigenvalue weighted by Crippen LogP contribution is -2.20. The van der Waals surface area contributed by atoms with Gasteiger partial charge in [-0.15, -0.1) is 0 Å². The van der Waals surface area contributed by atoms with Gasteiger partial charge in [0, 0.05) is 6.20 Å². The van der Waals surface area contributed by atoms with Crippen molar-refractivity contribution in [3.63, 3.8) is 0 Å². The van der Waals surface area contributed by atoms with Crippen molar-refractivity contribution in [1.82, 2.24) is 4.98 Å². The van der Waals surface area contributed by atoms with Crippen LogP contribution in [0.1, 0.15) is 0 Å². The van der Waals surface area contributed by atoms with Crippen molar-refractivity contribution >= 4 is 0 Å². The molecule has 0 atom stereocenters. The number of aromatic nitrogens is 1. The van der Waals surface area contributed by atoms with Crippen LogP contribution >= 0.6 is 0 Å². The summed E-state index contributed by atoms with van der Waals surface area (Å²) < 4.78 is 51.5. The number of nitrogens with zero attached hydrogens (tertiary/aromatic N) is 1. The molecule has 13 heavy (non-hydrogen) atoms. The second-order valence-corrected chi connectivity index (χ2v) is 2.19. The van der Waals surface area contributed by atoms with Crippen LogP contribution in [-0.2, 0) is 0 Å². The van der Waals surface area contributed by atoms with E-state index in [1.165, 1.54) is 6.07 Å². The molecular formula is C7H5F4NO. The van der Waals surface area contributed by atoms with Gasteiger partial charge in [-0.2, -0.15) is 13.2 Å². The lowest BCUT2D eigenvalue weighted by molar-refractivity contribution is -0.154. The standard InChI is InChI=1S/C7H5F4NO/c8-5-2-1-3-12-6(5)13-4-7(9,10)11/h1-3H,4H2. The molecule has 0 spiro atoms. The van der Waals surface area contributed by atoms with Crippen LogP contribution in [0.25, 0.3) is 0 Å². The fraction of sp³-hybridized carbons (Fsp3) is 0.286. The summed E-state index contributed by atoms with van der Waals surface area (Å²) in [7, 11) is 0. The second-order valence-electron chi connectivity index (χ2n) is 2.19. The summed E-state index contributed by atoms with van der Waals surface area (Å²) in [4.78, 5) is 3.28. The highest BCUT2D eigenvalue weighted by atomic mass is 19.4. The van der Waals surface area contributed by atoms with Gasteiger partial charge < -0.3 is 4.74 Å². The predicted molar refractivity (Wildman–Crippen MR) is 35.7 cm³/mol. The predicted octanol–water partition coefficient (Wildman–Crippen LogP) is 2.16. The zero-order valence-electron chi connectivity index (χ0n) is 6.31. The molecule has 0 bridgehead atoms. The Morgan fingerprint density at radius 1 is 1.38 bits per heavy atom. The third-order valence-electron chi connectivity index (χ3n) is 1.10. The van der Waals surface area contributed by atoms with Gasteiger partial charge in [-0.1, -0.05) is 0 Å². The lowest BCUT2D eigenvalue weighted by Gasteiger charge is -2.07. The van der Waals surface area contributed by atoms with E-state index in [9.17, 15) is 17.6 Å². The second kappa shape index (κ2) is 3.59. The molecule has 0 saturated carbocycles. The minimum absolute atomic E-state index is 0.639. The molecule has 0 saturated heterocycles. The van der Waals surface area contributed by atoms with Gasteiger partial charge >= 0.3 is 6.18 Å². The fourth-order valence-electron chi connectivity index (χ4n) is 0.628. The molecule has 0 unspecified atom stereocenters. The van der Waals surface area contributed by atoms with Crippen LogP contribution in [0.5, 0.6) is 5.88 Å². The maximum atomic E-state index is 12.6. The Hall–Kier alpha value is -1.33. The van der Waals surface area contributed by atoms with Crippen LogP contribution in [-0.4, -0.2) is 17.8 Å². The minimum Gasteiger partial charge on any atom is -0.466 e. The maximum Gasteiger partial charge on any atom is 0.422 e. The van der Waals surface area contributed by atoms with E-state index in [1.807, 2.05) is 0 Å². The van der Waals surface area contributed by atoms with Gasteiger partial charge in [0.15, 0.2) is 12.4 Å². The Morgan fingerprint density at radius 3 is 2.62 bits per heavy atom. The van der Waals surface area contributed by atoms with Crippen molar-refractivity contribution in [3.05, 3.63) is 24.1 Å². The van der Waals surface area contributed by atoms with Crippen molar-refractivity contribution in [1.29, 1.82) is 0 Å². The van der Waals surface area contributed by atoms with Crippen LogP contribution in [0.3, 0.4) is 0 Å². The van der Waals surface area contributed by atoms with Gasteiger partial charge in [0.25, 0.3) is 5.88 Å². The normalized spacial score (nSPS) is 11.4. The van der Waals surface area contributed by atoms with E-state index in [2.05, 4.69) is 9.72 Å².